The van der Waals surface area contributed by atoms with Crippen molar-refractivity contribution in [2.45, 2.75) is 44.9 Å². The zero-order chi connectivity index (χ0) is 29.5. The number of amides is 4. The smallest absolute Gasteiger partial charge is 0.325 e. The van der Waals surface area contributed by atoms with Crippen LogP contribution < -0.4 is 20.1 Å². The molecule has 1 fully saturated rings. The molecule has 2 N–H and O–H groups in total. The van der Waals surface area contributed by atoms with Gasteiger partial charge >= 0.3 is 6.03 Å². The Bertz CT molecular complexity index is 1370. The molecule has 1 aliphatic rings. The molecule has 1 unspecified atom stereocenters. The van der Waals surface area contributed by atoms with Gasteiger partial charge in [-0.15, -0.1) is 0 Å². The summed E-state index contributed by atoms with van der Waals surface area (Å²) in [6.45, 7) is 6.18. The molecule has 9 nitrogen and oxygen atoms in total. The lowest BCUT2D eigenvalue weighted by Crippen LogP contribution is -2.50. The Morgan fingerprint density at radius 3 is 2.29 bits per heavy atom. The standard InChI is InChI=1S/C31H34FN3O6/c1-19(2)41-24-14-15-26(25(32)18-24)33-29(36)28(20(3)21-8-6-5-7-9-21)35-30(37)27(34-31(35)38)22-10-12-23(13-11-22)40-17-16-39-4/h5-15,18-20,27-28H,16-17H2,1-4H3,(H,33,36)(H,34,38)/t20-,27?,28-/m0/s1. The van der Waals surface area contributed by atoms with Crippen molar-refractivity contribution in [3.63, 3.8) is 0 Å². The van der Waals surface area contributed by atoms with Gasteiger partial charge in [0.05, 0.1) is 18.4 Å². The molecule has 1 saturated heterocycles. The average Bonchev–Trinajstić information content (AvgIpc) is 3.24. The minimum atomic E-state index is -1.27. The van der Waals surface area contributed by atoms with Crippen LogP contribution in [0.2, 0.25) is 0 Å². The number of anilines is 1. The monoisotopic (exact) mass is 563 g/mol. The lowest BCUT2D eigenvalue weighted by atomic mass is 9.91. The predicted molar refractivity (Wildman–Crippen MR) is 151 cm³/mol. The predicted octanol–water partition coefficient (Wildman–Crippen LogP) is 5.04. The zero-order valence-electron chi connectivity index (χ0n) is 23.4. The summed E-state index contributed by atoms with van der Waals surface area (Å²) in [6, 6.07) is 16.9. The van der Waals surface area contributed by atoms with E-state index < -0.39 is 41.7 Å². The number of nitrogens with one attached hydrogen (secondary N) is 2. The average molecular weight is 564 g/mol. The molecule has 0 saturated carbocycles. The number of carbonyl (C=O) groups excluding carboxylic acids is 3. The van der Waals surface area contributed by atoms with Crippen molar-refractivity contribution in [2.24, 2.45) is 0 Å². The van der Waals surface area contributed by atoms with E-state index >= 15 is 0 Å². The molecule has 41 heavy (non-hydrogen) atoms. The second-order valence-electron chi connectivity index (χ2n) is 9.94. The number of imide groups is 1. The Labute approximate surface area is 238 Å². The first kappa shape index (κ1) is 29.5. The number of rotatable bonds is 12. The van der Waals surface area contributed by atoms with E-state index in [2.05, 4.69) is 10.6 Å². The van der Waals surface area contributed by atoms with Crippen molar-refractivity contribution in [3.05, 3.63) is 89.7 Å². The SMILES string of the molecule is COCCOc1ccc(C2NC(=O)N([C@H](C(=O)Nc3ccc(OC(C)C)cc3F)[C@@H](C)c3ccccc3)C2=O)cc1. The van der Waals surface area contributed by atoms with Gasteiger partial charge in [0.1, 0.15) is 36.0 Å². The maximum Gasteiger partial charge on any atom is 0.325 e. The van der Waals surface area contributed by atoms with Crippen molar-refractivity contribution >= 4 is 23.5 Å². The summed E-state index contributed by atoms with van der Waals surface area (Å²) in [5.41, 5.74) is 1.17. The van der Waals surface area contributed by atoms with Crippen LogP contribution in [0, 0.1) is 5.82 Å². The summed E-state index contributed by atoms with van der Waals surface area (Å²) in [5, 5.41) is 5.27. The maximum absolute atomic E-state index is 14.9. The van der Waals surface area contributed by atoms with Gasteiger partial charge in [0.15, 0.2) is 0 Å². The number of halogens is 1. The molecule has 0 aromatic heterocycles. The lowest BCUT2D eigenvalue weighted by molar-refractivity contribution is -0.134. The van der Waals surface area contributed by atoms with Gasteiger partial charge in [-0.3, -0.25) is 9.59 Å². The summed E-state index contributed by atoms with van der Waals surface area (Å²) >= 11 is 0. The third-order valence-corrected chi connectivity index (χ3v) is 6.66. The van der Waals surface area contributed by atoms with Crippen molar-refractivity contribution in [3.8, 4) is 11.5 Å². The number of nitrogens with zero attached hydrogens (tertiary/aromatic N) is 1. The summed E-state index contributed by atoms with van der Waals surface area (Å²) in [4.78, 5) is 41.6. The Morgan fingerprint density at radius 2 is 1.66 bits per heavy atom. The van der Waals surface area contributed by atoms with Gasteiger partial charge in [-0.1, -0.05) is 49.4 Å². The van der Waals surface area contributed by atoms with E-state index in [4.69, 9.17) is 14.2 Å². The molecule has 1 aliphatic heterocycles. The number of benzene rings is 3. The second kappa shape index (κ2) is 13.3. The number of urea groups is 1. The van der Waals surface area contributed by atoms with Gasteiger partial charge in [-0.25, -0.2) is 14.1 Å². The highest BCUT2D eigenvalue weighted by molar-refractivity contribution is 6.10. The van der Waals surface area contributed by atoms with E-state index in [1.807, 2.05) is 32.0 Å². The first-order chi connectivity index (χ1) is 19.7. The molecule has 3 aromatic rings. The molecular weight excluding hydrogens is 529 g/mol. The molecule has 0 spiro atoms. The quantitative estimate of drug-likeness (QED) is 0.236. The largest absolute Gasteiger partial charge is 0.491 e. The van der Waals surface area contributed by atoms with Gasteiger partial charge in [-0.2, -0.15) is 0 Å². The van der Waals surface area contributed by atoms with E-state index in [-0.39, 0.29) is 11.8 Å². The third kappa shape index (κ3) is 7.01. The van der Waals surface area contributed by atoms with Gasteiger partial charge in [-0.05, 0) is 49.2 Å². The first-order valence-corrected chi connectivity index (χ1v) is 13.4. The highest BCUT2D eigenvalue weighted by Gasteiger charge is 2.47. The first-order valence-electron chi connectivity index (χ1n) is 13.4. The van der Waals surface area contributed by atoms with Gasteiger partial charge < -0.3 is 24.8 Å². The number of hydrogen-bond acceptors (Lipinski definition) is 6. The van der Waals surface area contributed by atoms with E-state index in [1.165, 1.54) is 12.1 Å². The Morgan fingerprint density at radius 1 is 0.976 bits per heavy atom. The van der Waals surface area contributed by atoms with Gasteiger partial charge in [0.2, 0.25) is 5.91 Å². The fourth-order valence-electron chi connectivity index (χ4n) is 4.64. The Kier molecular flexibility index (Phi) is 9.57. The summed E-state index contributed by atoms with van der Waals surface area (Å²) in [7, 11) is 1.58. The fraction of sp³-hybridized carbons (Fsp3) is 0.323. The van der Waals surface area contributed by atoms with Crippen molar-refractivity contribution < 1.29 is 33.0 Å². The van der Waals surface area contributed by atoms with Crippen molar-refractivity contribution in [1.29, 1.82) is 0 Å². The van der Waals surface area contributed by atoms with Crippen LogP contribution in [0.4, 0.5) is 14.9 Å². The van der Waals surface area contributed by atoms with Crippen LogP contribution in [0.5, 0.6) is 11.5 Å². The van der Waals surface area contributed by atoms with Crippen LogP contribution in [0.3, 0.4) is 0 Å². The molecule has 3 atom stereocenters. The minimum absolute atomic E-state index is 0.0935. The third-order valence-electron chi connectivity index (χ3n) is 6.66. The minimum Gasteiger partial charge on any atom is -0.491 e. The molecule has 0 radical (unpaired) electrons. The van der Waals surface area contributed by atoms with Crippen LogP contribution >= 0.6 is 0 Å². The number of carbonyl (C=O) groups is 3. The summed E-state index contributed by atoms with van der Waals surface area (Å²) < 4.78 is 31.0. The molecule has 0 bridgehead atoms. The number of ether oxygens (including phenoxy) is 3. The molecule has 0 aliphatic carbocycles. The Hall–Kier alpha value is -4.44. The molecule has 4 amide bonds. The van der Waals surface area contributed by atoms with Crippen LogP contribution in [0.1, 0.15) is 43.9 Å². The van der Waals surface area contributed by atoms with E-state index in [0.717, 1.165) is 10.5 Å². The zero-order valence-corrected chi connectivity index (χ0v) is 23.4. The molecule has 3 aromatic carbocycles. The molecule has 1 heterocycles. The van der Waals surface area contributed by atoms with Gasteiger partial charge in [0, 0.05) is 19.1 Å². The second-order valence-corrected chi connectivity index (χ2v) is 9.94. The summed E-state index contributed by atoms with van der Waals surface area (Å²) in [6.07, 6.45) is -0.155. The van der Waals surface area contributed by atoms with Gasteiger partial charge in [0.25, 0.3) is 5.91 Å². The fourth-order valence-corrected chi connectivity index (χ4v) is 4.64. The van der Waals surface area contributed by atoms with Crippen LogP contribution in [-0.4, -0.2) is 55.2 Å². The highest BCUT2D eigenvalue weighted by atomic mass is 19.1. The molecule has 10 heteroatoms. The normalized spacial score (nSPS) is 16.3. The van der Waals surface area contributed by atoms with Crippen molar-refractivity contribution in [2.75, 3.05) is 25.6 Å². The van der Waals surface area contributed by atoms with Crippen molar-refractivity contribution in [1.82, 2.24) is 10.2 Å². The van der Waals surface area contributed by atoms with Crippen LogP contribution in [0.15, 0.2) is 72.8 Å². The molecular formula is C31H34FN3O6. The lowest BCUT2D eigenvalue weighted by Gasteiger charge is -2.30. The van der Waals surface area contributed by atoms with Crippen LogP contribution in [0.25, 0.3) is 0 Å². The van der Waals surface area contributed by atoms with E-state index in [0.29, 0.717) is 30.3 Å². The topological polar surface area (TPSA) is 106 Å². The maximum atomic E-state index is 14.9. The molecule has 4 rings (SSSR count). The number of methoxy groups -OCH3 is 1. The molecule has 216 valence electrons. The van der Waals surface area contributed by atoms with E-state index in [9.17, 15) is 18.8 Å². The highest BCUT2D eigenvalue weighted by Crippen LogP contribution is 2.32. The van der Waals surface area contributed by atoms with Crippen LogP contribution in [-0.2, 0) is 14.3 Å². The Balaban J connectivity index is 1.60. The number of hydrogen-bond donors (Lipinski definition) is 2. The van der Waals surface area contributed by atoms with E-state index in [1.54, 1.807) is 56.5 Å². The summed E-state index contributed by atoms with van der Waals surface area (Å²) in [5.74, 6) is -1.70.